The summed E-state index contributed by atoms with van der Waals surface area (Å²) in [5.74, 6) is -0.618. The molecule has 0 unspecified atom stereocenters. The van der Waals surface area contributed by atoms with Crippen molar-refractivity contribution in [1.82, 2.24) is 10.2 Å². The number of thioether (sulfide) groups is 1. The number of rotatable bonds is 5. The lowest BCUT2D eigenvalue weighted by molar-refractivity contribution is -0.148. The van der Waals surface area contributed by atoms with Crippen LogP contribution in [-0.4, -0.2) is 45.7 Å². The minimum Gasteiger partial charge on any atom is -0.352 e. The van der Waals surface area contributed by atoms with Crippen molar-refractivity contribution < 1.29 is 14.4 Å². The highest BCUT2D eigenvalue weighted by Gasteiger charge is 2.40. The summed E-state index contributed by atoms with van der Waals surface area (Å²) < 4.78 is 0. The second kappa shape index (κ2) is 7.99. The van der Waals surface area contributed by atoms with Crippen LogP contribution in [0.4, 0.5) is 0 Å². The maximum Gasteiger partial charge on any atom is 0.242 e. The van der Waals surface area contributed by atoms with Gasteiger partial charge in [0.05, 0.1) is 10.5 Å². The number of nitrogens with one attached hydrogen (secondary N) is 1. The first-order chi connectivity index (χ1) is 10.6. The summed E-state index contributed by atoms with van der Waals surface area (Å²) in [6.07, 6.45) is 6.88. The third kappa shape index (κ3) is 4.03. The molecule has 0 radical (unpaired) electrons. The molecule has 1 heterocycles. The summed E-state index contributed by atoms with van der Waals surface area (Å²) in [6, 6.07) is 0.203. The van der Waals surface area contributed by atoms with Crippen LogP contribution >= 0.6 is 11.8 Å². The number of amides is 3. The minimum absolute atomic E-state index is 0.123. The number of hydrogen-bond donors (Lipinski definition) is 1. The van der Waals surface area contributed by atoms with Gasteiger partial charge in [-0.2, -0.15) is 0 Å². The van der Waals surface area contributed by atoms with Gasteiger partial charge in [0.2, 0.25) is 17.7 Å². The number of nitrogens with zero attached hydrogens (tertiary/aromatic N) is 1. The van der Waals surface area contributed by atoms with Crippen molar-refractivity contribution in [3.05, 3.63) is 0 Å². The Bertz CT molecular complexity index is 413. The second-order valence-electron chi connectivity index (χ2n) is 6.09. The molecule has 2 aliphatic rings. The predicted molar refractivity (Wildman–Crippen MR) is 87.5 cm³/mol. The number of carbonyl (C=O) groups excluding carboxylic acids is 3. The van der Waals surface area contributed by atoms with Gasteiger partial charge in [-0.05, 0) is 25.7 Å². The van der Waals surface area contributed by atoms with Gasteiger partial charge in [0.15, 0.2) is 0 Å². The zero-order valence-electron chi connectivity index (χ0n) is 13.5. The molecule has 0 aromatic carbocycles. The van der Waals surface area contributed by atoms with Gasteiger partial charge in [-0.15, -0.1) is 11.8 Å². The normalized spacial score (nSPS) is 27.1. The molecule has 0 spiro atoms. The average molecular weight is 326 g/mol. The summed E-state index contributed by atoms with van der Waals surface area (Å²) in [7, 11) is 0. The van der Waals surface area contributed by atoms with Crippen LogP contribution < -0.4 is 5.32 Å². The molecule has 2 atom stereocenters. The third-order valence-corrected chi connectivity index (χ3v) is 6.15. The first-order valence-corrected chi connectivity index (χ1v) is 9.31. The van der Waals surface area contributed by atoms with E-state index in [1.807, 2.05) is 13.8 Å². The highest BCUT2D eigenvalue weighted by atomic mass is 32.2. The van der Waals surface area contributed by atoms with Crippen LogP contribution in [0.5, 0.6) is 0 Å². The fraction of sp³-hybridized carbons (Fsp3) is 0.812. The average Bonchev–Trinajstić information content (AvgIpc) is 2.53. The number of hydrogen-bond acceptors (Lipinski definition) is 4. The highest BCUT2D eigenvalue weighted by Crippen LogP contribution is 2.31. The van der Waals surface area contributed by atoms with Crippen LogP contribution in [0.1, 0.15) is 58.8 Å². The predicted octanol–water partition coefficient (Wildman–Crippen LogP) is 2.09. The Morgan fingerprint density at radius 2 is 1.64 bits per heavy atom. The van der Waals surface area contributed by atoms with E-state index < -0.39 is 0 Å². The van der Waals surface area contributed by atoms with E-state index in [9.17, 15) is 14.4 Å². The lowest BCUT2D eigenvalue weighted by Gasteiger charge is -2.34. The molecular formula is C16H26N2O3S. The molecule has 3 amide bonds. The molecular weight excluding hydrogens is 300 g/mol. The molecule has 1 saturated carbocycles. The molecule has 1 aliphatic carbocycles. The first-order valence-electron chi connectivity index (χ1n) is 8.36. The lowest BCUT2D eigenvalue weighted by atomic mass is 9.95. The summed E-state index contributed by atoms with van der Waals surface area (Å²) in [5.41, 5.74) is 0. The Labute approximate surface area is 136 Å². The zero-order valence-corrected chi connectivity index (χ0v) is 14.3. The van der Waals surface area contributed by atoms with Crippen molar-refractivity contribution in [3.8, 4) is 0 Å². The van der Waals surface area contributed by atoms with Gasteiger partial charge in [0.1, 0.15) is 6.54 Å². The quantitative estimate of drug-likeness (QED) is 0.786. The Morgan fingerprint density at radius 3 is 2.14 bits per heavy atom. The molecule has 1 saturated heterocycles. The minimum atomic E-state index is -0.207. The van der Waals surface area contributed by atoms with E-state index in [1.165, 1.54) is 23.1 Å². The van der Waals surface area contributed by atoms with Gasteiger partial charge in [0, 0.05) is 6.04 Å². The number of carbonyl (C=O) groups is 3. The second-order valence-corrected chi connectivity index (χ2v) is 7.51. The molecule has 1 N–H and O–H groups in total. The van der Waals surface area contributed by atoms with E-state index >= 15 is 0 Å². The van der Waals surface area contributed by atoms with Crippen LogP contribution in [0.3, 0.4) is 0 Å². The van der Waals surface area contributed by atoms with Gasteiger partial charge in [-0.3, -0.25) is 19.3 Å². The molecule has 22 heavy (non-hydrogen) atoms. The van der Waals surface area contributed by atoms with Crippen LogP contribution in [0.25, 0.3) is 0 Å². The first kappa shape index (κ1) is 17.3. The van der Waals surface area contributed by atoms with E-state index in [4.69, 9.17) is 0 Å². The Balaban J connectivity index is 1.96. The van der Waals surface area contributed by atoms with E-state index in [-0.39, 0.29) is 40.8 Å². The van der Waals surface area contributed by atoms with E-state index in [0.717, 1.165) is 25.7 Å². The van der Waals surface area contributed by atoms with Crippen molar-refractivity contribution >= 4 is 29.5 Å². The van der Waals surface area contributed by atoms with Crippen LogP contribution in [0.2, 0.25) is 0 Å². The zero-order chi connectivity index (χ0) is 16.1. The molecule has 2 fully saturated rings. The van der Waals surface area contributed by atoms with Crippen LogP contribution in [-0.2, 0) is 14.4 Å². The van der Waals surface area contributed by atoms with Crippen LogP contribution in [0, 0.1) is 0 Å². The maximum atomic E-state index is 12.4. The van der Waals surface area contributed by atoms with Gasteiger partial charge in [-0.25, -0.2) is 0 Å². The molecule has 1 aliphatic heterocycles. The summed E-state index contributed by atoms with van der Waals surface area (Å²) in [4.78, 5) is 38.1. The molecule has 0 bridgehead atoms. The maximum absolute atomic E-state index is 12.4. The van der Waals surface area contributed by atoms with E-state index in [2.05, 4.69) is 5.32 Å². The van der Waals surface area contributed by atoms with Crippen molar-refractivity contribution in [2.75, 3.05) is 6.54 Å². The molecule has 2 rings (SSSR count). The monoisotopic (exact) mass is 326 g/mol. The SMILES string of the molecule is CC[C@@H]1S[C@@H](CC)C(=O)N(CC(=O)NC2CCCCC2)C1=O. The van der Waals surface area contributed by atoms with E-state index in [0.29, 0.717) is 12.8 Å². The van der Waals surface area contributed by atoms with Gasteiger partial charge in [-0.1, -0.05) is 33.1 Å². The topological polar surface area (TPSA) is 66.5 Å². The van der Waals surface area contributed by atoms with Crippen molar-refractivity contribution in [2.45, 2.75) is 75.3 Å². The van der Waals surface area contributed by atoms with Crippen LogP contribution in [0.15, 0.2) is 0 Å². The summed E-state index contributed by atoms with van der Waals surface area (Å²) >= 11 is 1.44. The van der Waals surface area contributed by atoms with E-state index in [1.54, 1.807) is 0 Å². The Kier molecular flexibility index (Phi) is 6.29. The van der Waals surface area contributed by atoms with Gasteiger partial charge < -0.3 is 5.32 Å². The standard InChI is InChI=1S/C16H26N2O3S/c1-3-12-15(20)18(16(21)13(4-2)22-12)10-14(19)17-11-8-6-5-7-9-11/h11-13H,3-10H2,1-2H3,(H,17,19)/t12-,13-/m0/s1. The number of imide groups is 1. The smallest absolute Gasteiger partial charge is 0.242 e. The highest BCUT2D eigenvalue weighted by molar-refractivity contribution is 8.02. The summed E-state index contributed by atoms with van der Waals surface area (Å²) in [5, 5.41) is 2.57. The summed E-state index contributed by atoms with van der Waals surface area (Å²) in [6.45, 7) is 3.76. The lowest BCUT2D eigenvalue weighted by Crippen LogP contribution is -2.55. The fourth-order valence-electron chi connectivity index (χ4n) is 3.13. The fourth-order valence-corrected chi connectivity index (χ4v) is 4.40. The molecule has 6 heteroatoms. The molecule has 5 nitrogen and oxygen atoms in total. The molecule has 0 aromatic rings. The molecule has 0 aromatic heterocycles. The Hall–Kier alpha value is -1.04. The van der Waals surface area contributed by atoms with Crippen molar-refractivity contribution in [2.24, 2.45) is 0 Å². The largest absolute Gasteiger partial charge is 0.352 e. The molecule has 124 valence electrons. The van der Waals surface area contributed by atoms with Gasteiger partial charge in [0.25, 0.3) is 0 Å². The third-order valence-electron chi connectivity index (χ3n) is 4.43. The van der Waals surface area contributed by atoms with Crippen molar-refractivity contribution in [3.63, 3.8) is 0 Å². The Morgan fingerprint density at radius 1 is 1.09 bits per heavy atom. The van der Waals surface area contributed by atoms with Crippen molar-refractivity contribution in [1.29, 1.82) is 0 Å². The van der Waals surface area contributed by atoms with Gasteiger partial charge >= 0.3 is 0 Å².